The number of carbonyl (C=O) groups is 1. The SMILES string of the molecule is COC(=O)c1ccc(Nc2ccccc2)c(I)c1. The van der Waals surface area contributed by atoms with E-state index in [1.165, 1.54) is 7.11 Å². The number of hydrogen-bond acceptors (Lipinski definition) is 3. The Hall–Kier alpha value is -1.56. The zero-order chi connectivity index (χ0) is 13.0. The summed E-state index contributed by atoms with van der Waals surface area (Å²) >= 11 is 2.19. The van der Waals surface area contributed by atoms with Gasteiger partial charge in [0.05, 0.1) is 18.4 Å². The Labute approximate surface area is 119 Å². The zero-order valence-electron chi connectivity index (χ0n) is 9.81. The van der Waals surface area contributed by atoms with Gasteiger partial charge >= 0.3 is 5.97 Å². The van der Waals surface area contributed by atoms with Gasteiger partial charge in [-0.05, 0) is 52.9 Å². The molecule has 0 unspecified atom stereocenters. The van der Waals surface area contributed by atoms with Gasteiger partial charge in [-0.1, -0.05) is 18.2 Å². The zero-order valence-corrected chi connectivity index (χ0v) is 12.0. The molecule has 4 heteroatoms. The second kappa shape index (κ2) is 5.86. The van der Waals surface area contributed by atoms with Crippen LogP contribution in [0.25, 0.3) is 0 Å². The predicted octanol–water partition coefficient (Wildman–Crippen LogP) is 3.82. The Balaban J connectivity index is 2.23. The Kier molecular flexibility index (Phi) is 4.19. The summed E-state index contributed by atoms with van der Waals surface area (Å²) in [6, 6.07) is 15.3. The van der Waals surface area contributed by atoms with Crippen LogP contribution in [0.15, 0.2) is 48.5 Å². The predicted molar refractivity (Wildman–Crippen MR) is 80.2 cm³/mol. The number of hydrogen-bond donors (Lipinski definition) is 1. The Bertz CT molecular complexity index is 555. The lowest BCUT2D eigenvalue weighted by Gasteiger charge is -2.09. The highest BCUT2D eigenvalue weighted by molar-refractivity contribution is 14.1. The molecule has 0 heterocycles. The van der Waals surface area contributed by atoms with Crippen LogP contribution in [0.5, 0.6) is 0 Å². The molecule has 0 spiro atoms. The first-order valence-corrected chi connectivity index (χ1v) is 6.48. The topological polar surface area (TPSA) is 38.3 Å². The van der Waals surface area contributed by atoms with Crippen molar-refractivity contribution in [2.75, 3.05) is 12.4 Å². The summed E-state index contributed by atoms with van der Waals surface area (Å²) < 4.78 is 5.66. The van der Waals surface area contributed by atoms with Gasteiger partial charge in [0.1, 0.15) is 0 Å². The largest absolute Gasteiger partial charge is 0.465 e. The molecule has 0 aromatic heterocycles. The molecule has 2 rings (SSSR count). The van der Waals surface area contributed by atoms with E-state index in [4.69, 9.17) is 0 Å². The fraction of sp³-hybridized carbons (Fsp3) is 0.0714. The summed E-state index contributed by atoms with van der Waals surface area (Å²) in [5, 5.41) is 3.30. The number of anilines is 2. The van der Waals surface area contributed by atoms with E-state index >= 15 is 0 Å². The third kappa shape index (κ3) is 3.01. The molecule has 2 aromatic rings. The van der Waals surface area contributed by atoms with Gasteiger partial charge in [0, 0.05) is 9.26 Å². The van der Waals surface area contributed by atoms with Gasteiger partial charge in [-0.2, -0.15) is 0 Å². The van der Waals surface area contributed by atoms with Crippen LogP contribution in [0.3, 0.4) is 0 Å². The maximum Gasteiger partial charge on any atom is 0.337 e. The molecule has 0 fully saturated rings. The lowest BCUT2D eigenvalue weighted by molar-refractivity contribution is 0.0600. The highest BCUT2D eigenvalue weighted by atomic mass is 127. The summed E-state index contributed by atoms with van der Waals surface area (Å²) in [7, 11) is 1.38. The minimum Gasteiger partial charge on any atom is -0.465 e. The molecule has 18 heavy (non-hydrogen) atoms. The van der Waals surface area contributed by atoms with Crippen molar-refractivity contribution in [1.29, 1.82) is 0 Å². The van der Waals surface area contributed by atoms with E-state index in [0.29, 0.717) is 5.56 Å². The summed E-state index contributed by atoms with van der Waals surface area (Å²) in [5.41, 5.74) is 2.54. The van der Waals surface area contributed by atoms with Crippen molar-refractivity contribution in [3.63, 3.8) is 0 Å². The van der Waals surface area contributed by atoms with E-state index in [-0.39, 0.29) is 5.97 Å². The second-order valence-electron chi connectivity index (χ2n) is 3.68. The summed E-state index contributed by atoms with van der Waals surface area (Å²) in [6.07, 6.45) is 0. The van der Waals surface area contributed by atoms with Gasteiger partial charge in [-0.15, -0.1) is 0 Å². The van der Waals surface area contributed by atoms with Crippen LogP contribution in [0.2, 0.25) is 0 Å². The lowest BCUT2D eigenvalue weighted by atomic mass is 10.2. The number of rotatable bonds is 3. The molecule has 0 radical (unpaired) electrons. The summed E-state index contributed by atoms with van der Waals surface area (Å²) in [6.45, 7) is 0. The maximum absolute atomic E-state index is 11.4. The Morgan fingerprint density at radius 3 is 2.50 bits per heavy atom. The molecule has 0 saturated heterocycles. The minimum absolute atomic E-state index is 0.320. The molecule has 2 aromatic carbocycles. The van der Waals surface area contributed by atoms with Crippen LogP contribution < -0.4 is 5.32 Å². The van der Waals surface area contributed by atoms with Crippen molar-refractivity contribution in [2.45, 2.75) is 0 Å². The number of methoxy groups -OCH3 is 1. The first kappa shape index (κ1) is 12.9. The van der Waals surface area contributed by atoms with Crippen molar-refractivity contribution in [3.05, 3.63) is 57.7 Å². The number of halogens is 1. The van der Waals surface area contributed by atoms with Gasteiger partial charge in [-0.3, -0.25) is 0 Å². The molecule has 0 bridgehead atoms. The molecule has 0 saturated carbocycles. The highest BCUT2D eigenvalue weighted by Crippen LogP contribution is 2.23. The van der Waals surface area contributed by atoms with E-state index < -0.39 is 0 Å². The van der Waals surface area contributed by atoms with Crippen LogP contribution in [0.4, 0.5) is 11.4 Å². The van der Waals surface area contributed by atoms with Gasteiger partial charge in [0.25, 0.3) is 0 Å². The van der Waals surface area contributed by atoms with Crippen LogP contribution in [0.1, 0.15) is 10.4 Å². The monoisotopic (exact) mass is 353 g/mol. The number of nitrogens with one attached hydrogen (secondary N) is 1. The van der Waals surface area contributed by atoms with Gasteiger partial charge in [-0.25, -0.2) is 4.79 Å². The first-order valence-electron chi connectivity index (χ1n) is 5.40. The maximum atomic E-state index is 11.4. The van der Waals surface area contributed by atoms with Crippen molar-refractivity contribution >= 4 is 39.9 Å². The van der Waals surface area contributed by atoms with Gasteiger partial charge in [0.2, 0.25) is 0 Å². The van der Waals surface area contributed by atoms with Crippen LogP contribution >= 0.6 is 22.6 Å². The summed E-state index contributed by atoms with van der Waals surface area (Å²) in [5.74, 6) is -0.320. The third-order valence-corrected chi connectivity index (χ3v) is 3.34. The number of carbonyl (C=O) groups excluding carboxylic acids is 1. The number of esters is 1. The molecular formula is C14H12INO2. The van der Waals surface area contributed by atoms with E-state index in [0.717, 1.165) is 14.9 Å². The van der Waals surface area contributed by atoms with Crippen molar-refractivity contribution in [1.82, 2.24) is 0 Å². The molecule has 3 nitrogen and oxygen atoms in total. The molecule has 0 aliphatic heterocycles. The average molecular weight is 353 g/mol. The summed E-state index contributed by atoms with van der Waals surface area (Å²) in [4.78, 5) is 11.4. The first-order chi connectivity index (χ1) is 8.70. The fourth-order valence-electron chi connectivity index (χ4n) is 1.54. The molecule has 0 amide bonds. The van der Waals surface area contributed by atoms with E-state index in [1.807, 2.05) is 36.4 Å². The standard InChI is InChI=1S/C14H12INO2/c1-18-14(17)10-7-8-13(12(15)9-10)16-11-5-3-2-4-6-11/h2-9,16H,1H3. The van der Waals surface area contributed by atoms with Crippen LogP contribution in [-0.2, 0) is 4.74 Å². The average Bonchev–Trinajstić information content (AvgIpc) is 2.41. The normalized spacial score (nSPS) is 9.89. The molecule has 0 atom stereocenters. The number of benzene rings is 2. The number of ether oxygens (including phenoxy) is 1. The quantitative estimate of drug-likeness (QED) is 0.674. The van der Waals surface area contributed by atoms with Gasteiger partial charge in [0.15, 0.2) is 0 Å². The molecule has 92 valence electrons. The van der Waals surface area contributed by atoms with Gasteiger partial charge < -0.3 is 10.1 Å². The molecular weight excluding hydrogens is 341 g/mol. The Morgan fingerprint density at radius 2 is 1.89 bits per heavy atom. The molecule has 0 aliphatic carbocycles. The van der Waals surface area contributed by atoms with Crippen molar-refractivity contribution < 1.29 is 9.53 Å². The second-order valence-corrected chi connectivity index (χ2v) is 4.84. The lowest BCUT2D eigenvalue weighted by Crippen LogP contribution is -2.02. The van der Waals surface area contributed by atoms with Crippen LogP contribution in [0, 0.1) is 3.57 Å². The van der Waals surface area contributed by atoms with Crippen LogP contribution in [-0.4, -0.2) is 13.1 Å². The van der Waals surface area contributed by atoms with E-state index in [9.17, 15) is 4.79 Å². The smallest absolute Gasteiger partial charge is 0.337 e. The minimum atomic E-state index is -0.320. The van der Waals surface area contributed by atoms with Crippen molar-refractivity contribution in [3.8, 4) is 0 Å². The van der Waals surface area contributed by atoms with E-state index in [1.54, 1.807) is 12.1 Å². The third-order valence-electron chi connectivity index (χ3n) is 2.44. The van der Waals surface area contributed by atoms with Crippen molar-refractivity contribution in [2.24, 2.45) is 0 Å². The molecule has 0 aliphatic rings. The fourth-order valence-corrected chi connectivity index (χ4v) is 2.19. The molecule has 1 N–H and O–H groups in total. The number of para-hydroxylation sites is 1. The highest BCUT2D eigenvalue weighted by Gasteiger charge is 2.08. The van der Waals surface area contributed by atoms with E-state index in [2.05, 4.69) is 32.6 Å². The Morgan fingerprint density at radius 1 is 1.17 bits per heavy atom.